The zero-order valence-electron chi connectivity index (χ0n) is 21.0. The Balaban J connectivity index is 2.98. The zero-order valence-corrected chi connectivity index (χ0v) is 21.0. The average Bonchev–Trinajstić information content (AvgIpc) is 2.81. The Kier molecular flexibility index (Phi) is 12.6. The number of unbranched alkanes of at least 4 members (excludes halogenated alkanes) is 1. The lowest BCUT2D eigenvalue weighted by molar-refractivity contribution is -0.147. The predicted octanol–water partition coefficient (Wildman–Crippen LogP) is -2.78. The van der Waals surface area contributed by atoms with Gasteiger partial charge in [-0.25, -0.2) is 4.79 Å². The van der Waals surface area contributed by atoms with E-state index in [0.29, 0.717) is 38.6 Å². The molecule has 0 aliphatic heterocycles. The van der Waals surface area contributed by atoms with Gasteiger partial charge in [0.2, 0.25) is 17.7 Å². The van der Waals surface area contributed by atoms with E-state index in [-0.39, 0.29) is 31.3 Å². The van der Waals surface area contributed by atoms with Crippen molar-refractivity contribution in [2.45, 2.75) is 88.6 Å². The van der Waals surface area contributed by atoms with Crippen molar-refractivity contribution >= 4 is 29.7 Å². The largest absolute Gasteiger partial charge is 0.480 e. The number of aliphatic imine (C=N–C) groups is 1. The van der Waals surface area contributed by atoms with Crippen molar-refractivity contribution in [2.75, 3.05) is 13.1 Å². The highest BCUT2D eigenvalue weighted by molar-refractivity contribution is 5.97. The number of nitrogens with zero attached hydrogens (tertiary/aromatic N) is 1. The molecule has 36 heavy (non-hydrogen) atoms. The number of nitrogens with two attached hydrogens (primary N) is 4. The Hall–Kier alpha value is -2.97. The fourth-order valence-electron chi connectivity index (χ4n) is 3.91. The molecule has 1 fully saturated rings. The lowest BCUT2D eigenvalue weighted by Gasteiger charge is -2.47. The molecule has 13 N–H and O–H groups in total. The number of carbonyl (C=O) groups excluding carboxylic acids is 3. The number of amides is 3. The summed E-state index contributed by atoms with van der Waals surface area (Å²) in [4.78, 5) is 54.4. The minimum atomic E-state index is -1.33. The topological polar surface area (TPSA) is 261 Å². The van der Waals surface area contributed by atoms with Gasteiger partial charge in [-0.1, -0.05) is 6.92 Å². The number of carboxylic acid groups (broad SMARTS) is 1. The summed E-state index contributed by atoms with van der Waals surface area (Å²) >= 11 is 0. The molecule has 1 saturated carbocycles. The monoisotopic (exact) mass is 514 g/mol. The van der Waals surface area contributed by atoms with Crippen molar-refractivity contribution in [2.24, 2.45) is 33.8 Å². The van der Waals surface area contributed by atoms with E-state index in [1.165, 1.54) is 6.92 Å². The Labute approximate surface area is 211 Å². The summed E-state index contributed by atoms with van der Waals surface area (Å²) in [5.74, 6) is -3.52. The third kappa shape index (κ3) is 8.91. The van der Waals surface area contributed by atoms with E-state index in [4.69, 9.17) is 22.9 Å². The van der Waals surface area contributed by atoms with Gasteiger partial charge in [-0.3, -0.25) is 19.4 Å². The molecule has 0 aromatic heterocycles. The van der Waals surface area contributed by atoms with Gasteiger partial charge in [0.05, 0.1) is 6.10 Å². The second-order valence-corrected chi connectivity index (χ2v) is 9.33. The predicted molar refractivity (Wildman–Crippen MR) is 133 cm³/mol. The molecule has 0 heterocycles. The van der Waals surface area contributed by atoms with E-state index in [0.717, 1.165) is 0 Å². The third-order valence-electron chi connectivity index (χ3n) is 6.52. The van der Waals surface area contributed by atoms with Crippen molar-refractivity contribution in [3.63, 3.8) is 0 Å². The van der Waals surface area contributed by atoms with E-state index in [1.807, 2.05) is 0 Å². The number of nitrogens with one attached hydrogen (secondary N) is 3. The number of aliphatic hydroxyl groups is 1. The number of carboxylic acids is 1. The van der Waals surface area contributed by atoms with E-state index < -0.39 is 53.5 Å². The Bertz CT molecular complexity index is 803. The molecule has 0 bridgehead atoms. The number of hydrogen-bond acceptors (Lipinski definition) is 8. The molecule has 0 radical (unpaired) electrons. The maximum Gasteiger partial charge on any atom is 0.326 e. The van der Waals surface area contributed by atoms with Gasteiger partial charge in [-0.15, -0.1) is 0 Å². The minimum Gasteiger partial charge on any atom is -0.480 e. The molecule has 6 atom stereocenters. The first-order valence-electron chi connectivity index (χ1n) is 12.2. The van der Waals surface area contributed by atoms with E-state index >= 15 is 0 Å². The number of aliphatic hydroxyl groups excluding tert-OH is 1. The van der Waals surface area contributed by atoms with Crippen molar-refractivity contribution < 1.29 is 29.4 Å². The summed E-state index contributed by atoms with van der Waals surface area (Å²) in [6.45, 7) is 3.75. The summed E-state index contributed by atoms with van der Waals surface area (Å²) in [6.07, 6.45) is 1.63. The van der Waals surface area contributed by atoms with E-state index in [9.17, 15) is 29.4 Å². The molecule has 14 nitrogen and oxygen atoms in total. The standard InChI is InChI=1S/C22H42N8O6/c1-12-8-9-22(12,20(36)29-15(19(34)35)7-5-11-27-21(25)26)30-17(32)14(6-3-4-10-23)28-18(33)16(24)13(2)31/h12-16,31H,3-11,23-24H2,1-2H3,(H,28,33)(H,29,36)(H,30,32)(H,34,35)(H4,25,26,27)/t12-,13-,14+,15+,16+,22-/m1/s1. The summed E-state index contributed by atoms with van der Waals surface area (Å²) in [5, 5.41) is 27.0. The number of guanidine groups is 1. The van der Waals surface area contributed by atoms with Crippen LogP contribution < -0.4 is 38.9 Å². The molecule has 0 aromatic rings. The number of carbonyl (C=O) groups is 4. The van der Waals surface area contributed by atoms with Gasteiger partial charge in [-0.2, -0.15) is 0 Å². The SMILES string of the molecule is C[C@@H]1CC[C@]1(NC(=O)[C@H](CCCCN)NC(=O)[C@@H](N)[C@@H](C)O)C(=O)N[C@@H](CCCN=C(N)N)C(=O)O. The lowest BCUT2D eigenvalue weighted by atomic mass is 9.66. The molecule has 0 spiro atoms. The molecular formula is C22H42N8O6. The van der Waals surface area contributed by atoms with Gasteiger partial charge in [0.15, 0.2) is 5.96 Å². The van der Waals surface area contributed by atoms with Crippen LogP contribution in [0.15, 0.2) is 4.99 Å². The van der Waals surface area contributed by atoms with Gasteiger partial charge in [-0.05, 0) is 64.3 Å². The normalized spacial score (nSPS) is 22.2. The van der Waals surface area contributed by atoms with E-state index in [1.54, 1.807) is 6.92 Å². The van der Waals surface area contributed by atoms with Gasteiger partial charge in [0, 0.05) is 6.54 Å². The van der Waals surface area contributed by atoms with Crippen LogP contribution in [0, 0.1) is 5.92 Å². The van der Waals surface area contributed by atoms with Crippen molar-refractivity contribution in [3.05, 3.63) is 0 Å². The second kappa shape index (κ2) is 14.6. The van der Waals surface area contributed by atoms with Crippen molar-refractivity contribution in [1.29, 1.82) is 0 Å². The molecule has 1 aliphatic rings. The zero-order chi connectivity index (χ0) is 27.5. The van der Waals surface area contributed by atoms with E-state index in [2.05, 4.69) is 20.9 Å². The molecule has 206 valence electrons. The Morgan fingerprint density at radius 3 is 2.17 bits per heavy atom. The van der Waals surface area contributed by atoms with Crippen LogP contribution in [-0.4, -0.2) is 82.7 Å². The number of rotatable bonds is 16. The maximum atomic E-state index is 13.2. The van der Waals surface area contributed by atoms with Gasteiger partial charge < -0.3 is 49.1 Å². The van der Waals surface area contributed by atoms with Crippen LogP contribution in [0.2, 0.25) is 0 Å². The molecule has 1 rings (SSSR count). The minimum absolute atomic E-state index is 0.0886. The van der Waals surface area contributed by atoms with Crippen LogP contribution in [0.5, 0.6) is 0 Å². The lowest BCUT2D eigenvalue weighted by Crippen LogP contribution is -2.70. The van der Waals surface area contributed by atoms with Gasteiger partial charge in [0.25, 0.3) is 0 Å². The second-order valence-electron chi connectivity index (χ2n) is 9.33. The summed E-state index contributed by atoms with van der Waals surface area (Å²) in [5.41, 5.74) is 20.4. The first kappa shape index (κ1) is 31.1. The number of hydrogen-bond donors (Lipinski definition) is 9. The van der Waals surface area contributed by atoms with Crippen molar-refractivity contribution in [3.8, 4) is 0 Å². The fourth-order valence-corrected chi connectivity index (χ4v) is 3.91. The van der Waals surface area contributed by atoms with Crippen LogP contribution >= 0.6 is 0 Å². The first-order valence-corrected chi connectivity index (χ1v) is 12.2. The average molecular weight is 515 g/mol. The third-order valence-corrected chi connectivity index (χ3v) is 6.52. The van der Waals surface area contributed by atoms with Gasteiger partial charge in [0.1, 0.15) is 23.7 Å². The molecule has 1 aliphatic carbocycles. The molecule has 3 amide bonds. The van der Waals surface area contributed by atoms with Gasteiger partial charge >= 0.3 is 5.97 Å². The molecule has 0 unspecified atom stereocenters. The number of aliphatic carboxylic acids is 1. The molecular weight excluding hydrogens is 472 g/mol. The molecule has 0 saturated heterocycles. The summed E-state index contributed by atoms with van der Waals surface area (Å²) in [7, 11) is 0. The highest BCUT2D eigenvalue weighted by atomic mass is 16.4. The highest BCUT2D eigenvalue weighted by Crippen LogP contribution is 2.39. The quantitative estimate of drug-likeness (QED) is 0.0580. The maximum absolute atomic E-state index is 13.2. The van der Waals surface area contributed by atoms with Crippen LogP contribution in [0.4, 0.5) is 0 Å². The van der Waals surface area contributed by atoms with Crippen LogP contribution in [0.3, 0.4) is 0 Å². The van der Waals surface area contributed by atoms with Crippen molar-refractivity contribution in [1.82, 2.24) is 16.0 Å². The summed E-state index contributed by atoms with van der Waals surface area (Å²) in [6, 6.07) is -3.44. The smallest absolute Gasteiger partial charge is 0.326 e. The van der Waals surface area contributed by atoms with Crippen LogP contribution in [0.25, 0.3) is 0 Å². The first-order chi connectivity index (χ1) is 16.8. The molecule has 14 heteroatoms. The fraction of sp³-hybridized carbons (Fsp3) is 0.773. The molecule has 0 aromatic carbocycles. The summed E-state index contributed by atoms with van der Waals surface area (Å²) < 4.78 is 0. The van der Waals surface area contributed by atoms with Crippen LogP contribution in [-0.2, 0) is 19.2 Å². The highest BCUT2D eigenvalue weighted by Gasteiger charge is 2.52. The Morgan fingerprint density at radius 1 is 1.06 bits per heavy atom. The van der Waals surface area contributed by atoms with Crippen LogP contribution in [0.1, 0.15) is 58.8 Å². The Morgan fingerprint density at radius 2 is 1.69 bits per heavy atom.